The molecule has 4 aromatic carbocycles. The molecule has 0 atom stereocenters. The zero-order chi connectivity index (χ0) is 29.7. The molecule has 6 rings (SSSR count). The summed E-state index contributed by atoms with van der Waals surface area (Å²) in [6.45, 7) is 13.4. The summed E-state index contributed by atoms with van der Waals surface area (Å²) in [5.41, 5.74) is 18.6. The zero-order valence-electron chi connectivity index (χ0n) is 26.4. The van der Waals surface area contributed by atoms with Crippen molar-refractivity contribution in [1.82, 2.24) is 0 Å². The highest BCUT2D eigenvalue weighted by Gasteiger charge is 2.20. The standard InChI is InChI=1S/C40H42N2/c1-25-12-14-32-16-18-38(42(8)40(32)22-25)36-24-31(23-28(4)29(36)5)13-15-33-20-26(2)21-35(30(33)6)39-19-17-34-27(3)10-9-11-37(34)41(39)7/h9-12,14,16-24H,13,15H2,1-8H3/q+2. The van der Waals surface area contributed by atoms with Crippen molar-refractivity contribution >= 4 is 21.8 Å². The molecule has 0 aliphatic heterocycles. The monoisotopic (exact) mass is 550 g/mol. The molecule has 0 amide bonds. The highest BCUT2D eigenvalue weighted by Crippen LogP contribution is 2.30. The molecule has 0 N–H and O–H groups in total. The Bertz CT molecular complexity index is 2010. The van der Waals surface area contributed by atoms with Crippen molar-refractivity contribution in [2.24, 2.45) is 14.1 Å². The summed E-state index contributed by atoms with van der Waals surface area (Å²) in [6, 6.07) is 32.0. The Morgan fingerprint density at radius 3 is 2.00 bits per heavy atom. The topological polar surface area (TPSA) is 7.76 Å². The Balaban J connectivity index is 1.36. The number of pyridine rings is 2. The number of aromatic nitrogens is 2. The number of hydrogen-bond donors (Lipinski definition) is 0. The minimum atomic E-state index is 1.01. The first-order valence-electron chi connectivity index (χ1n) is 15.1. The van der Waals surface area contributed by atoms with Gasteiger partial charge in [0.2, 0.25) is 22.4 Å². The van der Waals surface area contributed by atoms with Crippen LogP contribution in [0.4, 0.5) is 0 Å². The van der Waals surface area contributed by atoms with Crippen molar-refractivity contribution in [2.45, 2.75) is 54.4 Å². The molecule has 0 saturated heterocycles. The normalized spacial score (nSPS) is 11.5. The van der Waals surface area contributed by atoms with Gasteiger partial charge in [-0.2, -0.15) is 9.13 Å². The third kappa shape index (κ3) is 4.90. The second-order valence-corrected chi connectivity index (χ2v) is 12.3. The lowest BCUT2D eigenvalue weighted by Crippen LogP contribution is -2.32. The van der Waals surface area contributed by atoms with Crippen molar-refractivity contribution < 1.29 is 9.13 Å². The van der Waals surface area contributed by atoms with Gasteiger partial charge in [-0.15, -0.1) is 0 Å². The average molecular weight is 551 g/mol. The van der Waals surface area contributed by atoms with E-state index in [0.29, 0.717) is 0 Å². The summed E-state index contributed by atoms with van der Waals surface area (Å²) in [7, 11) is 4.40. The average Bonchev–Trinajstić information content (AvgIpc) is 2.96. The zero-order valence-corrected chi connectivity index (χ0v) is 26.4. The Morgan fingerprint density at radius 2 is 1.21 bits per heavy atom. The molecule has 2 heteroatoms. The van der Waals surface area contributed by atoms with E-state index in [1.807, 2.05) is 0 Å². The van der Waals surface area contributed by atoms with E-state index in [1.54, 1.807) is 0 Å². The van der Waals surface area contributed by atoms with Crippen LogP contribution >= 0.6 is 0 Å². The first kappa shape index (κ1) is 27.8. The third-order valence-corrected chi connectivity index (χ3v) is 9.38. The molecule has 0 aliphatic carbocycles. The van der Waals surface area contributed by atoms with Crippen LogP contribution in [0, 0.1) is 41.5 Å². The van der Waals surface area contributed by atoms with Crippen molar-refractivity contribution in [1.29, 1.82) is 0 Å². The van der Waals surface area contributed by atoms with Gasteiger partial charge in [-0.05, 0) is 129 Å². The van der Waals surface area contributed by atoms with Gasteiger partial charge >= 0.3 is 0 Å². The molecule has 0 radical (unpaired) electrons. The van der Waals surface area contributed by atoms with Crippen LogP contribution in [0.1, 0.15) is 44.5 Å². The van der Waals surface area contributed by atoms with Gasteiger partial charge in [-0.25, -0.2) is 0 Å². The lowest BCUT2D eigenvalue weighted by molar-refractivity contribution is -0.633. The summed E-state index contributed by atoms with van der Waals surface area (Å²) < 4.78 is 4.71. The third-order valence-electron chi connectivity index (χ3n) is 9.38. The Labute approximate surface area is 250 Å². The van der Waals surface area contributed by atoms with E-state index in [4.69, 9.17) is 0 Å². The van der Waals surface area contributed by atoms with E-state index in [-0.39, 0.29) is 0 Å². The van der Waals surface area contributed by atoms with Crippen molar-refractivity contribution in [2.75, 3.05) is 0 Å². The van der Waals surface area contributed by atoms with E-state index < -0.39 is 0 Å². The molecule has 42 heavy (non-hydrogen) atoms. The van der Waals surface area contributed by atoms with Gasteiger partial charge < -0.3 is 0 Å². The van der Waals surface area contributed by atoms with Crippen molar-refractivity contribution in [3.63, 3.8) is 0 Å². The van der Waals surface area contributed by atoms with Gasteiger partial charge in [-0.1, -0.05) is 30.3 Å². The molecule has 0 unspecified atom stereocenters. The molecule has 2 heterocycles. The molecule has 0 saturated carbocycles. The number of hydrogen-bond acceptors (Lipinski definition) is 0. The molecular weight excluding hydrogens is 508 g/mol. The van der Waals surface area contributed by atoms with E-state index >= 15 is 0 Å². The largest absolute Gasteiger partial charge is 0.213 e. The molecule has 0 aliphatic rings. The highest BCUT2D eigenvalue weighted by molar-refractivity contribution is 5.81. The minimum Gasteiger partial charge on any atom is -0.194 e. The van der Waals surface area contributed by atoms with E-state index in [1.165, 1.54) is 88.8 Å². The van der Waals surface area contributed by atoms with E-state index in [0.717, 1.165) is 12.8 Å². The first-order chi connectivity index (χ1) is 20.1. The van der Waals surface area contributed by atoms with Crippen LogP contribution in [-0.4, -0.2) is 0 Å². The van der Waals surface area contributed by atoms with Gasteiger partial charge in [0.25, 0.3) is 0 Å². The first-order valence-corrected chi connectivity index (χ1v) is 15.1. The predicted molar refractivity (Wildman–Crippen MR) is 177 cm³/mol. The molecule has 6 aromatic rings. The number of aryl methyl sites for hydroxylation is 8. The summed E-state index contributed by atoms with van der Waals surface area (Å²) in [5, 5.41) is 2.59. The molecule has 2 nitrogen and oxygen atoms in total. The maximum Gasteiger partial charge on any atom is 0.213 e. The van der Waals surface area contributed by atoms with Crippen LogP contribution in [0.2, 0.25) is 0 Å². The molecule has 0 spiro atoms. The quantitative estimate of drug-likeness (QED) is 0.190. The number of benzene rings is 4. The van der Waals surface area contributed by atoms with Crippen LogP contribution in [0.15, 0.2) is 84.9 Å². The molecule has 0 fully saturated rings. The highest BCUT2D eigenvalue weighted by atomic mass is 14.9. The summed E-state index contributed by atoms with van der Waals surface area (Å²) >= 11 is 0. The van der Waals surface area contributed by atoms with Crippen LogP contribution in [0.3, 0.4) is 0 Å². The Morgan fingerprint density at radius 1 is 0.524 bits per heavy atom. The summed E-state index contributed by atoms with van der Waals surface area (Å²) in [5.74, 6) is 0. The van der Waals surface area contributed by atoms with Gasteiger partial charge in [-0.3, -0.25) is 0 Å². The fourth-order valence-corrected chi connectivity index (χ4v) is 6.70. The van der Waals surface area contributed by atoms with Gasteiger partial charge in [0.05, 0.1) is 0 Å². The lowest BCUT2D eigenvalue weighted by atomic mass is 9.90. The maximum atomic E-state index is 2.43. The SMILES string of the molecule is Cc1cc(CCc2cc(C)c(C)c(-c3ccc4ccc(C)cc4[n+]3C)c2)c(C)c(-c2ccc3c(C)cccc3[n+]2C)c1. The predicted octanol–water partition coefficient (Wildman–Crippen LogP) is 8.61. The Kier molecular flexibility index (Phi) is 7.19. The van der Waals surface area contributed by atoms with Crippen molar-refractivity contribution in [3.05, 3.63) is 129 Å². The van der Waals surface area contributed by atoms with Crippen LogP contribution < -0.4 is 9.13 Å². The fourth-order valence-electron chi connectivity index (χ4n) is 6.70. The second-order valence-electron chi connectivity index (χ2n) is 12.3. The molecule has 0 bridgehead atoms. The number of rotatable bonds is 5. The minimum absolute atomic E-state index is 1.01. The van der Waals surface area contributed by atoms with Crippen molar-refractivity contribution in [3.8, 4) is 22.5 Å². The van der Waals surface area contributed by atoms with Gasteiger partial charge in [0.15, 0.2) is 0 Å². The van der Waals surface area contributed by atoms with Crippen LogP contribution in [-0.2, 0) is 26.9 Å². The van der Waals surface area contributed by atoms with Gasteiger partial charge in [0.1, 0.15) is 14.1 Å². The lowest BCUT2D eigenvalue weighted by Gasteiger charge is -2.15. The number of nitrogens with zero attached hydrogens (tertiary/aromatic N) is 2. The smallest absolute Gasteiger partial charge is 0.194 e. The second kappa shape index (κ2) is 10.8. The molecule has 210 valence electrons. The van der Waals surface area contributed by atoms with Gasteiger partial charge in [0, 0.05) is 46.2 Å². The van der Waals surface area contributed by atoms with E-state index in [9.17, 15) is 0 Å². The maximum absolute atomic E-state index is 2.43. The molecule has 2 aromatic heterocycles. The van der Waals surface area contributed by atoms with Crippen LogP contribution in [0.25, 0.3) is 44.3 Å². The van der Waals surface area contributed by atoms with E-state index in [2.05, 4.69) is 150 Å². The fraction of sp³-hybridized carbons (Fsp3) is 0.250. The summed E-state index contributed by atoms with van der Waals surface area (Å²) in [6.07, 6.45) is 2.03. The number of fused-ring (bicyclic) bond motifs is 2. The Hall–Kier alpha value is -4.30. The van der Waals surface area contributed by atoms with Crippen LogP contribution in [0.5, 0.6) is 0 Å². The summed E-state index contributed by atoms with van der Waals surface area (Å²) in [4.78, 5) is 0. The molecular formula is C40H42N2+2.